The van der Waals surface area contributed by atoms with E-state index in [0.29, 0.717) is 11.3 Å². The van der Waals surface area contributed by atoms with Gasteiger partial charge in [-0.2, -0.15) is 0 Å². The van der Waals surface area contributed by atoms with E-state index < -0.39 is 0 Å². The molecule has 2 rings (SSSR count). The van der Waals surface area contributed by atoms with Crippen molar-refractivity contribution >= 4 is 23.6 Å². The van der Waals surface area contributed by atoms with Crippen LogP contribution >= 0.6 is 17.6 Å². The fourth-order valence-corrected chi connectivity index (χ4v) is 3.29. The van der Waals surface area contributed by atoms with E-state index in [2.05, 4.69) is 13.8 Å². The molecule has 2 atom stereocenters. The molecule has 0 spiro atoms. The summed E-state index contributed by atoms with van der Waals surface area (Å²) < 4.78 is 16.1. The molecule has 2 unspecified atom stereocenters. The highest BCUT2D eigenvalue weighted by molar-refractivity contribution is 7.32. The van der Waals surface area contributed by atoms with Crippen LogP contribution in [0.1, 0.15) is 35.3 Å². The Hall–Kier alpha value is -1.63. The van der Waals surface area contributed by atoms with Gasteiger partial charge in [0.1, 0.15) is 17.1 Å². The fourth-order valence-electron chi connectivity index (χ4n) is 2.60. The molecule has 134 valence electrons. The van der Waals surface area contributed by atoms with Crippen LogP contribution in [0, 0.1) is 0 Å². The molecule has 0 fully saturated rings. The molecule has 2 aromatic carbocycles. The van der Waals surface area contributed by atoms with E-state index in [1.807, 2.05) is 55.8 Å². The van der Waals surface area contributed by atoms with E-state index in [0.717, 1.165) is 16.9 Å². The van der Waals surface area contributed by atoms with E-state index in [9.17, 15) is 4.79 Å². The third kappa shape index (κ3) is 4.51. The number of ether oxygens (including phenoxy) is 1. The van der Waals surface area contributed by atoms with Crippen LogP contribution in [0.15, 0.2) is 42.5 Å². The van der Waals surface area contributed by atoms with Crippen molar-refractivity contribution in [2.45, 2.75) is 19.3 Å². The summed E-state index contributed by atoms with van der Waals surface area (Å²) in [5.41, 5.74) is 2.36. The first kappa shape index (κ1) is 19.7. The number of benzene rings is 2. The van der Waals surface area contributed by atoms with Gasteiger partial charge in [-0.3, -0.25) is 0 Å². The van der Waals surface area contributed by atoms with Crippen LogP contribution in [0.3, 0.4) is 0 Å². The summed E-state index contributed by atoms with van der Waals surface area (Å²) in [6, 6.07) is 13.7. The lowest BCUT2D eigenvalue weighted by Gasteiger charge is -2.27. The number of methoxy groups -OCH3 is 1. The predicted octanol–water partition coefficient (Wildman–Crippen LogP) is 5.00. The van der Waals surface area contributed by atoms with Gasteiger partial charge >= 0.3 is 5.97 Å². The van der Waals surface area contributed by atoms with Gasteiger partial charge in [0.05, 0.1) is 24.7 Å². The third-order valence-corrected chi connectivity index (χ3v) is 4.95. The summed E-state index contributed by atoms with van der Waals surface area (Å²) in [4.78, 5) is 12.3. The van der Waals surface area contributed by atoms with E-state index in [1.54, 1.807) is 7.11 Å². The first-order valence-electron chi connectivity index (χ1n) is 7.94. The predicted molar refractivity (Wildman–Crippen MR) is 106 cm³/mol. The van der Waals surface area contributed by atoms with Crippen molar-refractivity contribution in [1.82, 2.24) is 0 Å². The zero-order chi connectivity index (χ0) is 18.4. The van der Waals surface area contributed by atoms with Gasteiger partial charge in [0.25, 0.3) is 0 Å². The first-order chi connectivity index (χ1) is 11.9. The Morgan fingerprint density at radius 1 is 0.960 bits per heavy atom. The molecule has 0 heterocycles. The highest BCUT2D eigenvalue weighted by atomic mass is 31.1. The maximum absolute atomic E-state index is 12.3. The van der Waals surface area contributed by atoms with E-state index in [1.165, 1.54) is 0 Å². The molecule has 0 saturated heterocycles. The Bertz CT molecular complexity index is 727. The number of carbonyl (C=O) groups is 1. The van der Waals surface area contributed by atoms with Crippen molar-refractivity contribution in [2.75, 3.05) is 20.4 Å². The summed E-state index contributed by atoms with van der Waals surface area (Å²) >= 11 is 0. The molecular formula is C19H24O4P2. The van der Waals surface area contributed by atoms with E-state index in [4.69, 9.17) is 13.8 Å². The van der Waals surface area contributed by atoms with Crippen LogP contribution in [-0.2, 0) is 9.94 Å². The summed E-state index contributed by atoms with van der Waals surface area (Å²) in [6.45, 7) is 8.00. The quantitative estimate of drug-likeness (QED) is 0.636. The molecule has 0 radical (unpaired) electrons. The lowest BCUT2D eigenvalue weighted by atomic mass is 9.77. The Kier molecular flexibility index (Phi) is 6.81. The van der Waals surface area contributed by atoms with Crippen molar-refractivity contribution in [3.8, 4) is 11.5 Å². The average molecular weight is 378 g/mol. The molecule has 0 bridgehead atoms. The number of carbonyl (C=O) groups excluding carboxylic acids is 1. The smallest absolute Gasteiger partial charge is 0.344 e. The average Bonchev–Trinajstić information content (AvgIpc) is 2.62. The molecule has 0 saturated carbocycles. The highest BCUT2D eigenvalue weighted by Gasteiger charge is 2.26. The second-order valence-electron chi connectivity index (χ2n) is 5.96. The summed E-state index contributed by atoms with van der Waals surface area (Å²) in [7, 11) is 2.01. The topological polar surface area (TPSA) is 44.8 Å². The van der Waals surface area contributed by atoms with E-state index >= 15 is 0 Å². The van der Waals surface area contributed by atoms with Gasteiger partial charge in [0, 0.05) is 5.41 Å². The van der Waals surface area contributed by atoms with Gasteiger partial charge in [-0.25, -0.2) is 4.79 Å². The molecule has 0 aromatic heterocycles. The Morgan fingerprint density at radius 3 is 2.16 bits per heavy atom. The molecule has 0 N–H and O–H groups in total. The fraction of sp³-hybridized carbons (Fsp3) is 0.316. The monoisotopic (exact) mass is 378 g/mol. The third-order valence-electron chi connectivity index (χ3n) is 4.14. The minimum Gasteiger partial charge on any atom is -0.497 e. The van der Waals surface area contributed by atoms with Gasteiger partial charge in [0.15, 0.2) is 0 Å². The SMILES string of the molecule is COc1ccc(C(C)(C)c2ccc(OPC)c(C(=O)OPC)c2)cc1. The standard InChI is InChI=1S/C19H24O4P2/c1-19(2,13-6-9-15(21-3)10-7-13)14-8-11-17(22-24-4)16(12-14)18(20)23-25-5/h6-12,24-25H,1-5H3. The summed E-state index contributed by atoms with van der Waals surface area (Å²) in [5.74, 6) is 1.04. The van der Waals surface area contributed by atoms with Crippen molar-refractivity contribution < 1.29 is 18.6 Å². The Labute approximate surface area is 153 Å². The maximum atomic E-state index is 12.3. The normalized spacial score (nSPS) is 12.0. The van der Waals surface area contributed by atoms with Crippen LogP contribution in [-0.4, -0.2) is 26.4 Å². The highest BCUT2D eigenvalue weighted by Crippen LogP contribution is 2.36. The Balaban J connectivity index is 2.45. The number of hydrogen-bond acceptors (Lipinski definition) is 4. The van der Waals surface area contributed by atoms with Gasteiger partial charge in [-0.15, -0.1) is 0 Å². The van der Waals surface area contributed by atoms with E-state index in [-0.39, 0.29) is 29.0 Å². The van der Waals surface area contributed by atoms with Crippen LogP contribution in [0.5, 0.6) is 11.5 Å². The molecule has 0 aliphatic carbocycles. The minimum absolute atomic E-state index is 0.100. The molecular weight excluding hydrogens is 354 g/mol. The maximum Gasteiger partial charge on any atom is 0.344 e. The van der Waals surface area contributed by atoms with Crippen LogP contribution in [0.2, 0.25) is 0 Å². The number of hydrogen-bond donors (Lipinski definition) is 0. The van der Waals surface area contributed by atoms with Gasteiger partial charge in [-0.05, 0) is 48.7 Å². The summed E-state index contributed by atoms with van der Waals surface area (Å²) in [5, 5.41) is 0. The van der Waals surface area contributed by atoms with Crippen molar-refractivity contribution in [3.05, 3.63) is 59.2 Å². The molecule has 0 amide bonds. The Morgan fingerprint density at radius 2 is 1.60 bits per heavy atom. The van der Waals surface area contributed by atoms with Crippen molar-refractivity contribution in [2.24, 2.45) is 0 Å². The molecule has 6 heteroatoms. The molecule has 0 aliphatic heterocycles. The molecule has 0 aliphatic rings. The lowest BCUT2D eigenvalue weighted by Crippen LogP contribution is -2.19. The first-order valence-corrected chi connectivity index (χ1v) is 10.8. The van der Waals surface area contributed by atoms with Crippen LogP contribution < -0.4 is 9.26 Å². The van der Waals surface area contributed by atoms with Crippen LogP contribution in [0.4, 0.5) is 0 Å². The molecule has 25 heavy (non-hydrogen) atoms. The largest absolute Gasteiger partial charge is 0.497 e. The summed E-state index contributed by atoms with van der Waals surface area (Å²) in [6.07, 6.45) is 0. The molecule has 4 nitrogen and oxygen atoms in total. The van der Waals surface area contributed by atoms with Gasteiger partial charge < -0.3 is 13.8 Å². The zero-order valence-corrected chi connectivity index (χ0v) is 17.2. The second kappa shape index (κ2) is 8.65. The lowest BCUT2D eigenvalue weighted by molar-refractivity contribution is 0.0759. The van der Waals surface area contributed by atoms with Crippen LogP contribution in [0.25, 0.3) is 0 Å². The zero-order valence-electron chi connectivity index (χ0n) is 15.2. The minimum atomic E-state index is -0.346. The van der Waals surface area contributed by atoms with Crippen molar-refractivity contribution in [3.63, 3.8) is 0 Å². The van der Waals surface area contributed by atoms with Crippen molar-refractivity contribution in [1.29, 1.82) is 0 Å². The second-order valence-corrected chi connectivity index (χ2v) is 7.19. The number of rotatable bonds is 7. The molecule has 2 aromatic rings. The van der Waals surface area contributed by atoms with Gasteiger partial charge in [-0.1, -0.05) is 32.0 Å². The van der Waals surface area contributed by atoms with Gasteiger partial charge in [0.2, 0.25) is 0 Å².